The van der Waals surface area contributed by atoms with Gasteiger partial charge in [0, 0.05) is 16.7 Å². The summed E-state index contributed by atoms with van der Waals surface area (Å²) in [5, 5.41) is -0.406. The SMILES string of the molecule is CCOC(=O)[C@@H](C(C)=O)C1=C(Cl)C(=O)c2ccccc2C1=O. The Labute approximate surface area is 131 Å². The summed E-state index contributed by atoms with van der Waals surface area (Å²) >= 11 is 5.99. The van der Waals surface area contributed by atoms with Crippen LogP contribution in [0.15, 0.2) is 34.9 Å². The maximum absolute atomic E-state index is 12.6. The standard InChI is InChI=1S/C16H13ClO5/c1-3-22-16(21)11(8(2)18)12-13(17)15(20)10-7-5-4-6-9(10)14(12)19/h4-7,11H,3H2,1-2H3/t11-/m0/s1. The molecule has 1 aliphatic rings. The van der Waals surface area contributed by atoms with E-state index < -0.39 is 34.3 Å². The monoisotopic (exact) mass is 320 g/mol. The summed E-state index contributed by atoms with van der Waals surface area (Å²) in [5.74, 6) is -4.16. The third-order valence-corrected chi connectivity index (χ3v) is 3.69. The quantitative estimate of drug-likeness (QED) is 0.628. The number of carbonyl (C=O) groups is 4. The Morgan fingerprint density at radius 3 is 2.18 bits per heavy atom. The van der Waals surface area contributed by atoms with Gasteiger partial charge in [0.05, 0.1) is 11.6 Å². The van der Waals surface area contributed by atoms with Crippen molar-refractivity contribution in [1.82, 2.24) is 0 Å². The molecular formula is C16H13ClO5. The normalized spacial score (nSPS) is 15.4. The molecule has 5 nitrogen and oxygen atoms in total. The molecule has 6 heteroatoms. The van der Waals surface area contributed by atoms with E-state index in [1.807, 2.05) is 0 Å². The second kappa shape index (κ2) is 6.23. The summed E-state index contributed by atoms with van der Waals surface area (Å²) in [4.78, 5) is 48.7. The van der Waals surface area contributed by atoms with Crippen LogP contribution in [0.25, 0.3) is 0 Å². The molecular weight excluding hydrogens is 308 g/mol. The van der Waals surface area contributed by atoms with E-state index in [9.17, 15) is 19.2 Å². The average molecular weight is 321 g/mol. The van der Waals surface area contributed by atoms with Crippen LogP contribution in [0.3, 0.4) is 0 Å². The largest absolute Gasteiger partial charge is 0.465 e. The summed E-state index contributed by atoms with van der Waals surface area (Å²) in [6.07, 6.45) is 0. The molecule has 0 saturated carbocycles. The number of rotatable bonds is 4. The molecule has 1 aliphatic carbocycles. The Kier molecular flexibility index (Phi) is 4.56. The number of fused-ring (bicyclic) bond motifs is 1. The van der Waals surface area contributed by atoms with Crippen molar-refractivity contribution in [3.8, 4) is 0 Å². The van der Waals surface area contributed by atoms with Gasteiger partial charge in [-0.25, -0.2) is 0 Å². The highest BCUT2D eigenvalue weighted by Crippen LogP contribution is 2.33. The first-order valence-electron chi connectivity index (χ1n) is 6.65. The molecule has 114 valence electrons. The molecule has 0 spiro atoms. The van der Waals surface area contributed by atoms with Crippen molar-refractivity contribution in [2.45, 2.75) is 13.8 Å². The van der Waals surface area contributed by atoms with Gasteiger partial charge < -0.3 is 4.74 Å². The molecule has 0 unspecified atom stereocenters. The van der Waals surface area contributed by atoms with Gasteiger partial charge in [-0.2, -0.15) is 0 Å². The average Bonchev–Trinajstić information content (AvgIpc) is 2.49. The Morgan fingerprint density at radius 2 is 1.68 bits per heavy atom. The minimum Gasteiger partial charge on any atom is -0.465 e. The molecule has 0 aromatic heterocycles. The number of hydrogen-bond acceptors (Lipinski definition) is 5. The molecule has 1 aromatic rings. The third-order valence-electron chi connectivity index (χ3n) is 3.31. The van der Waals surface area contributed by atoms with E-state index in [1.54, 1.807) is 19.1 Å². The number of hydrogen-bond donors (Lipinski definition) is 0. The number of carbonyl (C=O) groups excluding carboxylic acids is 4. The lowest BCUT2D eigenvalue weighted by Crippen LogP contribution is -2.33. The molecule has 0 saturated heterocycles. The number of esters is 1. The van der Waals surface area contributed by atoms with E-state index in [4.69, 9.17) is 16.3 Å². The van der Waals surface area contributed by atoms with Crippen molar-refractivity contribution in [3.63, 3.8) is 0 Å². The number of allylic oxidation sites excluding steroid dienone is 1. The Hall–Kier alpha value is -2.27. The fourth-order valence-electron chi connectivity index (χ4n) is 2.33. The molecule has 0 radical (unpaired) electrons. The summed E-state index contributed by atoms with van der Waals surface area (Å²) in [5.41, 5.74) is -0.0221. The molecule has 0 bridgehead atoms. The fraction of sp³-hybridized carbons (Fsp3) is 0.250. The summed E-state index contributed by atoms with van der Waals surface area (Å²) in [7, 11) is 0. The smallest absolute Gasteiger partial charge is 0.321 e. The van der Waals surface area contributed by atoms with Crippen molar-refractivity contribution in [2.24, 2.45) is 5.92 Å². The van der Waals surface area contributed by atoms with Crippen LogP contribution in [0.1, 0.15) is 34.6 Å². The lowest BCUT2D eigenvalue weighted by atomic mass is 9.81. The third kappa shape index (κ3) is 2.60. The van der Waals surface area contributed by atoms with Gasteiger partial charge in [0.25, 0.3) is 0 Å². The topological polar surface area (TPSA) is 77.5 Å². The van der Waals surface area contributed by atoms with Gasteiger partial charge in [0.1, 0.15) is 11.7 Å². The highest BCUT2D eigenvalue weighted by Gasteiger charge is 2.41. The minimum atomic E-state index is -1.49. The van der Waals surface area contributed by atoms with Crippen LogP contribution in [-0.2, 0) is 14.3 Å². The molecule has 0 N–H and O–H groups in total. The van der Waals surface area contributed by atoms with Crippen molar-refractivity contribution >= 4 is 34.9 Å². The number of benzene rings is 1. The van der Waals surface area contributed by atoms with Gasteiger partial charge in [-0.3, -0.25) is 19.2 Å². The molecule has 0 amide bonds. The lowest BCUT2D eigenvalue weighted by molar-refractivity contribution is -0.149. The first-order chi connectivity index (χ1) is 10.4. The highest BCUT2D eigenvalue weighted by molar-refractivity contribution is 6.50. The number of ether oxygens (including phenoxy) is 1. The summed E-state index contributed by atoms with van der Waals surface area (Å²) in [6.45, 7) is 2.78. The molecule has 0 heterocycles. The van der Waals surface area contributed by atoms with Crippen LogP contribution in [-0.4, -0.2) is 29.9 Å². The van der Waals surface area contributed by atoms with Gasteiger partial charge in [0.2, 0.25) is 5.78 Å². The van der Waals surface area contributed by atoms with E-state index in [-0.39, 0.29) is 23.3 Å². The maximum atomic E-state index is 12.6. The molecule has 0 aliphatic heterocycles. The number of Topliss-reactive ketones (excluding diaryl/α,β-unsaturated/α-hetero) is 3. The van der Waals surface area contributed by atoms with E-state index in [2.05, 4.69) is 0 Å². The molecule has 1 atom stereocenters. The summed E-state index contributed by atoms with van der Waals surface area (Å²) in [6, 6.07) is 6.13. The zero-order valence-corrected chi connectivity index (χ0v) is 12.8. The van der Waals surface area contributed by atoms with Crippen molar-refractivity contribution < 1.29 is 23.9 Å². The second-order valence-electron chi connectivity index (χ2n) is 4.73. The van der Waals surface area contributed by atoms with Crippen LogP contribution in [0.4, 0.5) is 0 Å². The van der Waals surface area contributed by atoms with Crippen LogP contribution in [0, 0.1) is 5.92 Å². The Balaban J connectivity index is 2.60. The first kappa shape index (κ1) is 16.1. The highest BCUT2D eigenvalue weighted by atomic mass is 35.5. The molecule has 2 rings (SSSR count). The van der Waals surface area contributed by atoms with E-state index >= 15 is 0 Å². The van der Waals surface area contributed by atoms with Gasteiger partial charge in [-0.05, 0) is 13.8 Å². The number of halogens is 1. The zero-order chi connectivity index (χ0) is 16.4. The van der Waals surface area contributed by atoms with Crippen molar-refractivity contribution in [3.05, 3.63) is 46.0 Å². The first-order valence-corrected chi connectivity index (χ1v) is 7.03. The molecule has 0 fully saturated rings. The lowest BCUT2D eigenvalue weighted by Gasteiger charge is -2.22. The Bertz CT molecular complexity index is 717. The fourth-order valence-corrected chi connectivity index (χ4v) is 2.63. The van der Waals surface area contributed by atoms with Crippen LogP contribution in [0.5, 0.6) is 0 Å². The van der Waals surface area contributed by atoms with E-state index in [0.717, 1.165) is 6.92 Å². The van der Waals surface area contributed by atoms with E-state index in [0.29, 0.717) is 0 Å². The molecule has 1 aromatic carbocycles. The van der Waals surface area contributed by atoms with Crippen LogP contribution < -0.4 is 0 Å². The van der Waals surface area contributed by atoms with Gasteiger partial charge in [-0.15, -0.1) is 0 Å². The predicted octanol–water partition coefficient (Wildman–Crippen LogP) is 2.33. The second-order valence-corrected chi connectivity index (χ2v) is 5.11. The predicted molar refractivity (Wildman–Crippen MR) is 78.8 cm³/mol. The molecule has 22 heavy (non-hydrogen) atoms. The van der Waals surface area contributed by atoms with Crippen LogP contribution in [0.2, 0.25) is 0 Å². The number of ketones is 3. The summed E-state index contributed by atoms with van der Waals surface area (Å²) < 4.78 is 4.82. The minimum absolute atomic E-state index is 0.0479. The van der Waals surface area contributed by atoms with Crippen molar-refractivity contribution in [2.75, 3.05) is 6.61 Å². The van der Waals surface area contributed by atoms with Gasteiger partial charge in [0.15, 0.2) is 5.78 Å². The van der Waals surface area contributed by atoms with Crippen molar-refractivity contribution in [1.29, 1.82) is 0 Å². The maximum Gasteiger partial charge on any atom is 0.321 e. The van der Waals surface area contributed by atoms with E-state index in [1.165, 1.54) is 12.1 Å². The van der Waals surface area contributed by atoms with Gasteiger partial charge in [-0.1, -0.05) is 35.9 Å². The van der Waals surface area contributed by atoms with Gasteiger partial charge >= 0.3 is 5.97 Å². The Morgan fingerprint density at radius 1 is 1.14 bits per heavy atom. The zero-order valence-electron chi connectivity index (χ0n) is 12.0. The van der Waals surface area contributed by atoms with Crippen LogP contribution >= 0.6 is 11.6 Å².